The summed E-state index contributed by atoms with van der Waals surface area (Å²) >= 11 is 0. The largest absolute Gasteiger partial charge is 0.0856 e. The summed E-state index contributed by atoms with van der Waals surface area (Å²) in [4.78, 5) is 0. The predicted molar refractivity (Wildman–Crippen MR) is 36.5 cm³/mol. The summed E-state index contributed by atoms with van der Waals surface area (Å²) in [5.74, 6) is 0.935. The van der Waals surface area contributed by atoms with Gasteiger partial charge in [0.15, 0.2) is 0 Å². The summed E-state index contributed by atoms with van der Waals surface area (Å²) in [6.07, 6.45) is 7.31. The van der Waals surface area contributed by atoms with Gasteiger partial charge in [-0.25, -0.2) is 0 Å². The van der Waals surface area contributed by atoms with Crippen LogP contribution < -0.4 is 0 Å². The molecule has 45 valence electrons. The first kappa shape index (κ1) is 5.87. The predicted octanol–water partition coefficient (Wildman–Crippen LogP) is 2.57. The first-order valence-corrected chi connectivity index (χ1v) is 3.26. The summed E-state index contributed by atoms with van der Waals surface area (Å²) in [5, 5.41) is 0. The van der Waals surface area contributed by atoms with Gasteiger partial charge in [-0.1, -0.05) is 11.6 Å². The average molecular weight is 109 g/mol. The van der Waals surface area contributed by atoms with Crippen molar-refractivity contribution in [3.8, 4) is 0 Å². The number of hydrogen-bond donors (Lipinski definition) is 0. The van der Waals surface area contributed by atoms with Crippen LogP contribution in [0.1, 0.15) is 26.7 Å². The van der Waals surface area contributed by atoms with Gasteiger partial charge in [0.05, 0.1) is 0 Å². The smallest absolute Gasteiger partial charge is 0.0317 e. The molecular formula is C8H13. The Morgan fingerprint density at radius 3 is 2.75 bits per heavy atom. The summed E-state index contributed by atoms with van der Waals surface area (Å²) in [5.41, 5.74) is 1.45. The van der Waals surface area contributed by atoms with Crippen LogP contribution in [-0.2, 0) is 0 Å². The Kier molecular flexibility index (Phi) is 1.72. The fourth-order valence-electron chi connectivity index (χ4n) is 0.676. The first-order chi connectivity index (χ1) is 3.79. The van der Waals surface area contributed by atoms with Gasteiger partial charge in [0.25, 0.3) is 0 Å². The normalized spacial score (nSPS) is 18.2. The zero-order valence-electron chi connectivity index (χ0n) is 5.65. The maximum atomic E-state index is 2.36. The van der Waals surface area contributed by atoms with Crippen molar-refractivity contribution >= 4 is 0 Å². The van der Waals surface area contributed by atoms with Crippen molar-refractivity contribution in [3.63, 3.8) is 0 Å². The molecule has 1 rings (SSSR count). The van der Waals surface area contributed by atoms with Crippen LogP contribution in [0.4, 0.5) is 0 Å². The second-order valence-corrected chi connectivity index (χ2v) is 2.75. The van der Waals surface area contributed by atoms with E-state index in [1.54, 1.807) is 0 Å². The van der Waals surface area contributed by atoms with Crippen molar-refractivity contribution in [3.05, 3.63) is 18.1 Å². The minimum absolute atomic E-state index is 0.935. The third-order valence-corrected chi connectivity index (χ3v) is 1.40. The molecule has 1 unspecified atom stereocenters. The molecular weight excluding hydrogens is 96.1 g/mol. The molecule has 1 aliphatic carbocycles. The van der Waals surface area contributed by atoms with E-state index in [9.17, 15) is 0 Å². The van der Waals surface area contributed by atoms with Crippen LogP contribution in [0.3, 0.4) is 0 Å². The highest BCUT2D eigenvalue weighted by Gasteiger charge is 2.19. The van der Waals surface area contributed by atoms with Crippen LogP contribution in [-0.4, -0.2) is 0 Å². The Hall–Kier alpha value is -0.260. The Morgan fingerprint density at radius 1 is 1.75 bits per heavy atom. The summed E-state index contributed by atoms with van der Waals surface area (Å²) in [7, 11) is 0. The molecule has 0 saturated heterocycles. The van der Waals surface area contributed by atoms with Gasteiger partial charge >= 0.3 is 0 Å². The van der Waals surface area contributed by atoms with E-state index >= 15 is 0 Å². The van der Waals surface area contributed by atoms with Crippen molar-refractivity contribution in [2.45, 2.75) is 26.7 Å². The van der Waals surface area contributed by atoms with Crippen molar-refractivity contribution in [2.24, 2.45) is 5.92 Å². The van der Waals surface area contributed by atoms with Crippen molar-refractivity contribution < 1.29 is 0 Å². The molecule has 1 aliphatic rings. The molecule has 8 heavy (non-hydrogen) atoms. The second kappa shape index (κ2) is 2.34. The Bertz CT molecular complexity index is 92.6. The molecule has 0 N–H and O–H groups in total. The van der Waals surface area contributed by atoms with Crippen LogP contribution in [0.5, 0.6) is 0 Å². The van der Waals surface area contributed by atoms with Gasteiger partial charge in [-0.2, -0.15) is 0 Å². The van der Waals surface area contributed by atoms with Gasteiger partial charge in [0, 0.05) is 0 Å². The zero-order chi connectivity index (χ0) is 5.98. The molecule has 1 atom stereocenters. The summed E-state index contributed by atoms with van der Waals surface area (Å²) < 4.78 is 0. The molecule has 0 aromatic heterocycles. The van der Waals surface area contributed by atoms with E-state index < -0.39 is 0 Å². The molecule has 0 aromatic rings. The SMILES string of the molecule is CC(C)=CCC1[CH]C1. The second-order valence-electron chi connectivity index (χ2n) is 2.75. The van der Waals surface area contributed by atoms with E-state index in [-0.39, 0.29) is 0 Å². The molecule has 0 nitrogen and oxygen atoms in total. The van der Waals surface area contributed by atoms with Gasteiger partial charge in [0.1, 0.15) is 0 Å². The molecule has 0 bridgehead atoms. The standard InChI is InChI=1S/C8H13/c1-7(2)3-4-8-5-6-8/h3,5,8H,4,6H2,1-2H3. The van der Waals surface area contributed by atoms with E-state index in [4.69, 9.17) is 0 Å². The molecule has 0 aromatic carbocycles. The Balaban J connectivity index is 2.10. The lowest BCUT2D eigenvalue weighted by atomic mass is 10.2. The fraction of sp³-hybridized carbons (Fsp3) is 0.625. The third-order valence-electron chi connectivity index (χ3n) is 1.40. The molecule has 1 radical (unpaired) electrons. The van der Waals surface area contributed by atoms with E-state index in [0.717, 1.165) is 5.92 Å². The molecule has 1 fully saturated rings. The van der Waals surface area contributed by atoms with Gasteiger partial charge in [-0.15, -0.1) is 0 Å². The van der Waals surface area contributed by atoms with Gasteiger partial charge in [-0.3, -0.25) is 0 Å². The van der Waals surface area contributed by atoms with Crippen LogP contribution in [0, 0.1) is 12.3 Å². The molecule has 0 heteroatoms. The van der Waals surface area contributed by atoms with Crippen molar-refractivity contribution in [2.75, 3.05) is 0 Å². The maximum absolute atomic E-state index is 2.36. The summed E-state index contributed by atoms with van der Waals surface area (Å²) in [6.45, 7) is 4.31. The topological polar surface area (TPSA) is 0 Å². The monoisotopic (exact) mass is 109 g/mol. The van der Waals surface area contributed by atoms with E-state index in [1.165, 1.54) is 18.4 Å². The zero-order valence-corrected chi connectivity index (χ0v) is 5.65. The van der Waals surface area contributed by atoms with E-state index in [0.29, 0.717) is 0 Å². The molecule has 0 heterocycles. The molecule has 0 aliphatic heterocycles. The van der Waals surface area contributed by atoms with Crippen LogP contribution in [0.2, 0.25) is 0 Å². The lowest BCUT2D eigenvalue weighted by Gasteiger charge is -1.87. The Labute approximate surface area is 51.6 Å². The molecule has 1 saturated carbocycles. The van der Waals surface area contributed by atoms with Crippen molar-refractivity contribution in [1.29, 1.82) is 0 Å². The third kappa shape index (κ3) is 2.15. The van der Waals surface area contributed by atoms with Crippen LogP contribution in [0.15, 0.2) is 11.6 Å². The minimum Gasteiger partial charge on any atom is -0.0856 e. The number of hydrogen-bond acceptors (Lipinski definition) is 0. The van der Waals surface area contributed by atoms with Gasteiger partial charge < -0.3 is 0 Å². The highest BCUT2D eigenvalue weighted by atomic mass is 14.2. The van der Waals surface area contributed by atoms with Crippen LogP contribution >= 0.6 is 0 Å². The first-order valence-electron chi connectivity index (χ1n) is 3.26. The van der Waals surface area contributed by atoms with Gasteiger partial charge in [0.2, 0.25) is 0 Å². The number of allylic oxidation sites excluding steroid dienone is 2. The fourth-order valence-corrected chi connectivity index (χ4v) is 0.676. The van der Waals surface area contributed by atoms with Gasteiger partial charge in [-0.05, 0) is 39.0 Å². The van der Waals surface area contributed by atoms with Crippen molar-refractivity contribution in [1.82, 2.24) is 0 Å². The van der Waals surface area contributed by atoms with E-state index in [1.807, 2.05) is 0 Å². The highest BCUT2D eigenvalue weighted by molar-refractivity contribution is 5.03. The molecule has 0 amide bonds. The number of rotatable bonds is 2. The lowest BCUT2D eigenvalue weighted by molar-refractivity contribution is 0.884. The maximum Gasteiger partial charge on any atom is -0.0317 e. The Morgan fingerprint density at radius 2 is 2.38 bits per heavy atom. The van der Waals surface area contributed by atoms with E-state index in [2.05, 4.69) is 26.3 Å². The quantitative estimate of drug-likeness (QED) is 0.478. The average Bonchev–Trinajstić information content (AvgIpc) is 2.41. The lowest BCUT2D eigenvalue weighted by Crippen LogP contribution is -1.70. The minimum atomic E-state index is 0.935. The van der Waals surface area contributed by atoms with Crippen LogP contribution in [0.25, 0.3) is 0 Å². The highest BCUT2D eigenvalue weighted by Crippen LogP contribution is 2.31. The molecule has 0 spiro atoms. The summed E-state index contributed by atoms with van der Waals surface area (Å²) in [6, 6.07) is 0.